The topological polar surface area (TPSA) is 114 Å². The van der Waals surface area contributed by atoms with Gasteiger partial charge in [-0.15, -0.1) is 0 Å². The number of aliphatic hydroxyl groups excluding tert-OH is 1. The van der Waals surface area contributed by atoms with Gasteiger partial charge in [0.1, 0.15) is 17.8 Å². The first-order valence-corrected chi connectivity index (χ1v) is 17.3. The summed E-state index contributed by atoms with van der Waals surface area (Å²) >= 11 is 0. The second-order valence-electron chi connectivity index (χ2n) is 13.0. The Bertz CT molecular complexity index is 1620. The van der Waals surface area contributed by atoms with E-state index in [0.29, 0.717) is 49.7 Å². The Hall–Kier alpha value is -4.05. The Labute approximate surface area is 283 Å². The van der Waals surface area contributed by atoms with E-state index in [-0.39, 0.29) is 11.4 Å². The van der Waals surface area contributed by atoms with Gasteiger partial charge in [-0.2, -0.15) is 0 Å². The Balaban J connectivity index is 1.06. The van der Waals surface area contributed by atoms with Crippen molar-refractivity contribution in [1.29, 1.82) is 0 Å². The number of nitrogens with one attached hydrogen (secondary N) is 1. The molecule has 0 aliphatic heterocycles. The van der Waals surface area contributed by atoms with Crippen LogP contribution < -0.4 is 15.8 Å². The maximum Gasteiger partial charge on any atom is 0.248 e. The van der Waals surface area contributed by atoms with Crippen LogP contribution in [-0.2, 0) is 24.9 Å². The molecule has 1 aromatic heterocycles. The van der Waals surface area contributed by atoms with Gasteiger partial charge in [-0.25, -0.2) is 9.37 Å². The lowest BCUT2D eigenvalue weighted by molar-refractivity contribution is 0.1000. The van der Waals surface area contributed by atoms with E-state index in [9.17, 15) is 14.3 Å². The van der Waals surface area contributed by atoms with E-state index >= 15 is 0 Å². The van der Waals surface area contributed by atoms with Crippen LogP contribution in [0.4, 0.5) is 4.39 Å². The van der Waals surface area contributed by atoms with Crippen molar-refractivity contribution in [2.45, 2.75) is 83.4 Å². The molecule has 1 heterocycles. The number of hydrogen-bond acceptors (Lipinski definition) is 7. The SMILES string of the molecule is CCCN(CCCCOc1cc(F)cc(CC[C@H](O)CNC2(c3cccc(CC)c3)CC2)c1)Cc1cc(C(N)=O)cc(-c2ncco2)c1. The number of amides is 1. The van der Waals surface area contributed by atoms with Gasteiger partial charge in [-0.05, 0) is 117 Å². The summed E-state index contributed by atoms with van der Waals surface area (Å²) in [7, 11) is 0. The van der Waals surface area contributed by atoms with E-state index in [0.717, 1.165) is 68.3 Å². The third kappa shape index (κ3) is 9.98. The first-order valence-electron chi connectivity index (χ1n) is 17.3. The average molecular weight is 657 g/mol. The number of nitrogens with two attached hydrogens (primary N) is 1. The molecule has 0 bridgehead atoms. The lowest BCUT2D eigenvalue weighted by Gasteiger charge is -2.22. The van der Waals surface area contributed by atoms with Crippen LogP contribution in [0.1, 0.15) is 85.0 Å². The van der Waals surface area contributed by atoms with Gasteiger partial charge in [-0.1, -0.05) is 38.1 Å². The van der Waals surface area contributed by atoms with Gasteiger partial charge in [0.05, 0.1) is 18.9 Å². The maximum absolute atomic E-state index is 14.5. The summed E-state index contributed by atoms with van der Waals surface area (Å²) in [6.45, 7) is 7.68. The smallest absolute Gasteiger partial charge is 0.248 e. The van der Waals surface area contributed by atoms with Crippen LogP contribution in [0, 0.1) is 5.82 Å². The summed E-state index contributed by atoms with van der Waals surface area (Å²) in [6.07, 6.45) is 9.50. The first-order chi connectivity index (χ1) is 23.3. The molecule has 1 saturated carbocycles. The minimum atomic E-state index is -0.526. The Morgan fingerprint density at radius 2 is 1.94 bits per heavy atom. The predicted molar refractivity (Wildman–Crippen MR) is 186 cm³/mol. The molecule has 1 aliphatic carbocycles. The summed E-state index contributed by atoms with van der Waals surface area (Å²) < 4.78 is 25.9. The zero-order chi connectivity index (χ0) is 33.9. The molecule has 3 aromatic carbocycles. The van der Waals surface area contributed by atoms with E-state index in [1.807, 2.05) is 18.2 Å². The molecular weight excluding hydrogens is 607 g/mol. The summed E-state index contributed by atoms with van der Waals surface area (Å²) in [5, 5.41) is 14.3. The van der Waals surface area contributed by atoms with Gasteiger partial charge in [0, 0.05) is 35.8 Å². The van der Waals surface area contributed by atoms with Crippen LogP contribution in [0.5, 0.6) is 5.75 Å². The largest absolute Gasteiger partial charge is 0.493 e. The second kappa shape index (κ2) is 16.9. The molecule has 5 rings (SSSR count). The second-order valence-corrected chi connectivity index (χ2v) is 13.0. The number of primary amides is 1. The number of rotatable bonds is 20. The summed E-state index contributed by atoms with van der Waals surface area (Å²) in [4.78, 5) is 18.5. The molecule has 4 N–H and O–H groups in total. The molecule has 0 unspecified atom stereocenters. The van der Waals surface area contributed by atoms with Crippen LogP contribution in [0.25, 0.3) is 11.5 Å². The van der Waals surface area contributed by atoms with Gasteiger partial charge in [0.25, 0.3) is 0 Å². The molecule has 0 spiro atoms. The van der Waals surface area contributed by atoms with Crippen molar-refractivity contribution in [3.8, 4) is 17.2 Å². The van der Waals surface area contributed by atoms with Gasteiger partial charge in [-0.3, -0.25) is 9.69 Å². The molecule has 4 aromatic rings. The molecule has 1 aliphatic rings. The molecule has 1 amide bonds. The van der Waals surface area contributed by atoms with Crippen LogP contribution in [0.15, 0.2) is 77.5 Å². The van der Waals surface area contributed by atoms with E-state index in [4.69, 9.17) is 14.9 Å². The number of carbonyl (C=O) groups excluding carboxylic acids is 1. The van der Waals surface area contributed by atoms with Crippen LogP contribution in [-0.4, -0.2) is 53.2 Å². The van der Waals surface area contributed by atoms with E-state index < -0.39 is 12.0 Å². The van der Waals surface area contributed by atoms with Crippen molar-refractivity contribution in [2.75, 3.05) is 26.2 Å². The lowest BCUT2D eigenvalue weighted by Crippen LogP contribution is -2.36. The normalized spacial score (nSPS) is 14.3. The maximum atomic E-state index is 14.5. The van der Waals surface area contributed by atoms with Crippen LogP contribution in [0.3, 0.4) is 0 Å². The average Bonchev–Trinajstić information content (AvgIpc) is 3.68. The minimum absolute atomic E-state index is 0.0305. The number of unbranched alkanes of at least 4 members (excludes halogenated alkanes) is 1. The zero-order valence-corrected chi connectivity index (χ0v) is 28.2. The number of carbonyl (C=O) groups is 1. The molecular formula is C39H49FN4O4. The highest BCUT2D eigenvalue weighted by atomic mass is 19.1. The molecule has 0 saturated heterocycles. The lowest BCUT2D eigenvalue weighted by atomic mass is 10.00. The first kappa shape index (κ1) is 35.3. The summed E-state index contributed by atoms with van der Waals surface area (Å²) in [5.74, 6) is 0.133. The van der Waals surface area contributed by atoms with Crippen molar-refractivity contribution in [3.63, 3.8) is 0 Å². The van der Waals surface area contributed by atoms with Crippen molar-refractivity contribution in [2.24, 2.45) is 5.73 Å². The van der Waals surface area contributed by atoms with Gasteiger partial charge < -0.3 is 25.3 Å². The number of hydrogen-bond donors (Lipinski definition) is 3. The standard InChI is InChI=1S/C39H49FN4O4/c1-3-15-44(27-30-19-31(37(41)46)24-32(20-30)38-42-14-18-48-38)16-5-6-17-47-36-23-29(22-34(40)25-36)10-11-35(45)26-43-39(12-13-39)33-9-7-8-28(4-2)21-33/h7-9,14,18-25,35,43,45H,3-6,10-13,15-17,26-27H2,1-2H3,(H2,41,46)/t35-/m0/s1. The van der Waals surface area contributed by atoms with Gasteiger partial charge in [0.2, 0.25) is 11.8 Å². The van der Waals surface area contributed by atoms with Crippen LogP contribution in [0.2, 0.25) is 0 Å². The van der Waals surface area contributed by atoms with Crippen LogP contribution >= 0.6 is 0 Å². The molecule has 256 valence electrons. The van der Waals surface area contributed by atoms with E-state index in [1.165, 1.54) is 29.5 Å². The summed E-state index contributed by atoms with van der Waals surface area (Å²) in [5.41, 5.74) is 11.1. The molecule has 9 heteroatoms. The van der Waals surface area contributed by atoms with Crippen molar-refractivity contribution in [3.05, 3.63) is 107 Å². The molecule has 1 atom stereocenters. The van der Waals surface area contributed by atoms with Gasteiger partial charge in [0.15, 0.2) is 0 Å². The third-order valence-electron chi connectivity index (χ3n) is 9.05. The molecule has 8 nitrogen and oxygen atoms in total. The number of oxazole rings is 1. The molecule has 48 heavy (non-hydrogen) atoms. The Morgan fingerprint density at radius 3 is 2.67 bits per heavy atom. The highest BCUT2D eigenvalue weighted by molar-refractivity contribution is 5.94. The zero-order valence-electron chi connectivity index (χ0n) is 28.2. The van der Waals surface area contributed by atoms with E-state index in [2.05, 4.69) is 53.3 Å². The highest BCUT2D eigenvalue weighted by Gasteiger charge is 2.44. The molecule has 0 radical (unpaired) electrons. The Kier molecular flexibility index (Phi) is 12.4. The number of aliphatic hydroxyl groups is 1. The fourth-order valence-corrected chi connectivity index (χ4v) is 6.27. The fraction of sp³-hybridized carbons (Fsp3) is 0.436. The summed E-state index contributed by atoms with van der Waals surface area (Å²) in [6, 6.07) is 19.0. The van der Waals surface area contributed by atoms with E-state index in [1.54, 1.807) is 12.3 Å². The minimum Gasteiger partial charge on any atom is -0.493 e. The number of benzene rings is 3. The molecule has 1 fully saturated rings. The third-order valence-corrected chi connectivity index (χ3v) is 9.05. The van der Waals surface area contributed by atoms with Crippen molar-refractivity contribution in [1.82, 2.24) is 15.2 Å². The number of halogens is 1. The number of aromatic nitrogens is 1. The predicted octanol–water partition coefficient (Wildman–Crippen LogP) is 6.79. The number of nitrogens with zero attached hydrogens (tertiary/aromatic N) is 2. The monoisotopic (exact) mass is 656 g/mol. The number of aryl methyl sites for hydroxylation is 2. The van der Waals surface area contributed by atoms with Crippen molar-refractivity contribution < 1.29 is 23.4 Å². The Morgan fingerprint density at radius 1 is 1.08 bits per heavy atom. The van der Waals surface area contributed by atoms with Crippen molar-refractivity contribution >= 4 is 5.91 Å². The fourth-order valence-electron chi connectivity index (χ4n) is 6.27. The van der Waals surface area contributed by atoms with Gasteiger partial charge >= 0.3 is 0 Å². The number of ether oxygens (including phenoxy) is 1. The quantitative estimate of drug-likeness (QED) is 0.0899. The highest BCUT2D eigenvalue weighted by Crippen LogP contribution is 2.45.